The van der Waals surface area contributed by atoms with Crippen molar-refractivity contribution < 1.29 is 24.2 Å². The molecule has 8 heteroatoms. The predicted octanol–water partition coefficient (Wildman–Crippen LogP) is 3.62. The van der Waals surface area contributed by atoms with Crippen molar-refractivity contribution in [1.29, 1.82) is 0 Å². The number of ether oxygens (including phenoxy) is 1. The van der Waals surface area contributed by atoms with Gasteiger partial charge in [0.25, 0.3) is 0 Å². The first-order chi connectivity index (χ1) is 18.5. The zero-order chi connectivity index (χ0) is 28.2. The van der Waals surface area contributed by atoms with Crippen molar-refractivity contribution in [3.8, 4) is 0 Å². The second-order valence-corrected chi connectivity index (χ2v) is 11.8. The fourth-order valence-corrected chi connectivity index (χ4v) is 5.40. The maximum Gasteiger partial charge on any atom is 0.411 e. The molecule has 210 valence electrons. The molecule has 2 N–H and O–H groups in total. The molecule has 1 fully saturated rings. The molecule has 39 heavy (non-hydrogen) atoms. The largest absolute Gasteiger partial charge is 0.444 e. The van der Waals surface area contributed by atoms with E-state index in [0.717, 1.165) is 30.4 Å². The average molecular weight is 536 g/mol. The minimum absolute atomic E-state index is 0.00431. The van der Waals surface area contributed by atoms with Crippen LogP contribution in [0.1, 0.15) is 62.3 Å². The number of likely N-dealkylation sites (N-methyl/N-ethyl adjacent to an activating group) is 1. The zero-order valence-electron chi connectivity index (χ0n) is 23.5. The van der Waals surface area contributed by atoms with Gasteiger partial charge in [-0.3, -0.25) is 14.5 Å². The van der Waals surface area contributed by atoms with Crippen LogP contribution in [0.4, 0.5) is 4.79 Å². The molecule has 1 aliphatic heterocycles. The van der Waals surface area contributed by atoms with Crippen molar-refractivity contribution in [2.45, 2.75) is 89.6 Å². The van der Waals surface area contributed by atoms with Crippen molar-refractivity contribution in [1.82, 2.24) is 15.1 Å². The lowest BCUT2D eigenvalue weighted by molar-refractivity contribution is -0.137. The number of rotatable bonds is 7. The molecular weight excluding hydrogens is 494 g/mol. The minimum atomic E-state index is -0.923. The van der Waals surface area contributed by atoms with Gasteiger partial charge in [-0.15, -0.1) is 0 Å². The Morgan fingerprint density at radius 1 is 1.05 bits per heavy atom. The Kier molecular flexibility index (Phi) is 8.95. The highest BCUT2D eigenvalue weighted by Crippen LogP contribution is 2.24. The molecule has 0 unspecified atom stereocenters. The van der Waals surface area contributed by atoms with Crippen LogP contribution in [0.3, 0.4) is 0 Å². The highest BCUT2D eigenvalue weighted by molar-refractivity contribution is 5.92. The molecule has 8 nitrogen and oxygen atoms in total. The van der Waals surface area contributed by atoms with E-state index in [1.165, 1.54) is 22.4 Å². The van der Waals surface area contributed by atoms with Gasteiger partial charge in [0.05, 0.1) is 12.6 Å². The van der Waals surface area contributed by atoms with E-state index in [1.807, 2.05) is 36.4 Å². The van der Waals surface area contributed by atoms with Crippen molar-refractivity contribution in [3.63, 3.8) is 0 Å². The van der Waals surface area contributed by atoms with E-state index in [4.69, 9.17) is 4.74 Å². The monoisotopic (exact) mass is 535 g/mol. The number of aliphatic hydroxyl groups is 1. The second kappa shape index (κ2) is 12.2. The third-order valence-electron chi connectivity index (χ3n) is 7.32. The number of aryl methyl sites for hydroxylation is 2. The molecule has 0 radical (unpaired) electrons. The van der Waals surface area contributed by atoms with Crippen LogP contribution < -0.4 is 5.32 Å². The Morgan fingerprint density at radius 2 is 1.74 bits per heavy atom. The highest BCUT2D eigenvalue weighted by Gasteiger charge is 2.42. The number of nitrogens with zero attached hydrogens (tertiary/aromatic N) is 2. The Bertz CT molecular complexity index is 1180. The van der Waals surface area contributed by atoms with Gasteiger partial charge in [0.2, 0.25) is 11.8 Å². The van der Waals surface area contributed by atoms with E-state index in [-0.39, 0.29) is 18.9 Å². The molecule has 3 atom stereocenters. The van der Waals surface area contributed by atoms with Crippen LogP contribution in [0.2, 0.25) is 0 Å². The number of β-amino-alcohol motifs (C(OH)–C–C–N with tert-alkyl or cyclic N) is 1. The van der Waals surface area contributed by atoms with Gasteiger partial charge in [0, 0.05) is 26.4 Å². The van der Waals surface area contributed by atoms with Crippen LogP contribution in [0.5, 0.6) is 0 Å². The Labute approximate surface area is 231 Å². The number of benzene rings is 2. The fourth-order valence-electron chi connectivity index (χ4n) is 5.40. The predicted molar refractivity (Wildman–Crippen MR) is 149 cm³/mol. The van der Waals surface area contributed by atoms with Gasteiger partial charge < -0.3 is 20.1 Å². The number of hydrogen-bond acceptors (Lipinski definition) is 5. The van der Waals surface area contributed by atoms with E-state index in [0.29, 0.717) is 13.0 Å². The molecule has 0 bridgehead atoms. The van der Waals surface area contributed by atoms with Gasteiger partial charge in [-0.1, -0.05) is 48.5 Å². The molecule has 1 heterocycles. The number of fused-ring (bicyclic) bond motifs is 1. The summed E-state index contributed by atoms with van der Waals surface area (Å²) in [6.45, 7) is 5.67. The summed E-state index contributed by atoms with van der Waals surface area (Å²) in [6, 6.07) is 14.3. The van der Waals surface area contributed by atoms with Gasteiger partial charge in [-0.2, -0.15) is 0 Å². The standard InChI is InChI=1S/C31H41N3O5/c1-31(2,3)39-30(38)34-20-25(35)18-27(34)28(36)32-26(29(37)33(4)19-21-10-6-5-7-11-21)17-22-14-15-23-12-8-9-13-24(23)16-22/h5-7,10-11,14-16,25-27,35H,8-9,12-13,17-20H2,1-4H3,(H,32,36)/t25-,26+,27+/m1/s1. The molecule has 0 aromatic heterocycles. The molecule has 1 aliphatic carbocycles. The van der Waals surface area contributed by atoms with E-state index >= 15 is 0 Å². The van der Waals surface area contributed by atoms with Gasteiger partial charge in [-0.25, -0.2) is 4.79 Å². The van der Waals surface area contributed by atoms with E-state index in [9.17, 15) is 19.5 Å². The summed E-state index contributed by atoms with van der Waals surface area (Å²) in [6.07, 6.45) is 3.35. The number of likely N-dealkylation sites (tertiary alicyclic amines) is 1. The molecule has 2 aromatic rings. The first-order valence-corrected chi connectivity index (χ1v) is 13.9. The number of carbonyl (C=O) groups excluding carboxylic acids is 3. The summed E-state index contributed by atoms with van der Waals surface area (Å²) >= 11 is 0. The van der Waals surface area contributed by atoms with Gasteiger partial charge >= 0.3 is 6.09 Å². The molecule has 0 spiro atoms. The lowest BCUT2D eigenvalue weighted by Crippen LogP contribution is -2.54. The second-order valence-electron chi connectivity index (χ2n) is 11.8. The van der Waals surface area contributed by atoms with E-state index < -0.39 is 35.8 Å². The maximum atomic E-state index is 13.7. The van der Waals surface area contributed by atoms with Gasteiger partial charge in [-0.05, 0) is 68.7 Å². The van der Waals surface area contributed by atoms with Gasteiger partial charge in [0.1, 0.15) is 17.7 Å². The van der Waals surface area contributed by atoms with Crippen molar-refractivity contribution >= 4 is 17.9 Å². The lowest BCUT2D eigenvalue weighted by Gasteiger charge is -2.30. The van der Waals surface area contributed by atoms with Crippen molar-refractivity contribution in [2.75, 3.05) is 13.6 Å². The number of hydrogen-bond donors (Lipinski definition) is 2. The SMILES string of the molecule is CN(Cc1ccccc1)C(=O)[C@H](Cc1ccc2c(c1)CCCC2)NC(=O)[C@@H]1C[C@@H](O)CN1C(=O)OC(C)(C)C. The summed E-state index contributed by atoms with van der Waals surface area (Å²) < 4.78 is 5.48. The first kappa shape index (κ1) is 28.6. The van der Waals surface area contributed by atoms with Crippen LogP contribution in [-0.2, 0) is 40.1 Å². The zero-order valence-corrected chi connectivity index (χ0v) is 23.5. The Hall–Kier alpha value is -3.39. The van der Waals surface area contributed by atoms with Crippen LogP contribution in [0.25, 0.3) is 0 Å². The number of nitrogens with one attached hydrogen (secondary N) is 1. The first-order valence-electron chi connectivity index (χ1n) is 13.9. The average Bonchev–Trinajstić information content (AvgIpc) is 3.29. The normalized spacial score (nSPS) is 19.7. The smallest absolute Gasteiger partial charge is 0.411 e. The fraction of sp³-hybridized carbons (Fsp3) is 0.516. The van der Waals surface area contributed by atoms with E-state index in [2.05, 4.69) is 17.4 Å². The van der Waals surface area contributed by atoms with E-state index in [1.54, 1.807) is 32.7 Å². The molecule has 2 aromatic carbocycles. The number of carbonyl (C=O) groups is 3. The molecule has 3 amide bonds. The molecule has 1 saturated heterocycles. The van der Waals surface area contributed by atoms with Crippen molar-refractivity contribution in [3.05, 3.63) is 70.8 Å². The summed E-state index contributed by atoms with van der Waals surface area (Å²) in [5, 5.41) is 13.2. The Morgan fingerprint density at radius 3 is 2.44 bits per heavy atom. The lowest BCUT2D eigenvalue weighted by atomic mass is 9.89. The topological polar surface area (TPSA) is 99.2 Å². The quantitative estimate of drug-likeness (QED) is 0.564. The molecule has 4 rings (SSSR count). The summed E-state index contributed by atoms with van der Waals surface area (Å²) in [4.78, 5) is 43.0. The third-order valence-corrected chi connectivity index (χ3v) is 7.32. The third kappa shape index (κ3) is 7.60. The van der Waals surface area contributed by atoms with Crippen LogP contribution >= 0.6 is 0 Å². The number of amides is 3. The maximum absolute atomic E-state index is 13.7. The van der Waals surface area contributed by atoms with Crippen LogP contribution in [-0.4, -0.2) is 70.2 Å². The minimum Gasteiger partial charge on any atom is -0.444 e. The number of aliphatic hydroxyl groups excluding tert-OH is 1. The molecule has 2 aliphatic rings. The van der Waals surface area contributed by atoms with Gasteiger partial charge in [0.15, 0.2) is 0 Å². The summed E-state index contributed by atoms with van der Waals surface area (Å²) in [7, 11) is 1.73. The van der Waals surface area contributed by atoms with Crippen LogP contribution in [0.15, 0.2) is 48.5 Å². The highest BCUT2D eigenvalue weighted by atomic mass is 16.6. The Balaban J connectivity index is 1.54. The molecule has 0 saturated carbocycles. The van der Waals surface area contributed by atoms with Crippen LogP contribution in [0, 0.1) is 0 Å². The summed E-state index contributed by atoms with van der Waals surface area (Å²) in [5.74, 6) is -0.686. The molecular formula is C31H41N3O5. The van der Waals surface area contributed by atoms with Crippen molar-refractivity contribution in [2.24, 2.45) is 0 Å². The summed E-state index contributed by atoms with van der Waals surface area (Å²) in [5.41, 5.74) is 3.89.